The molecular weight excluding hydrogens is 462 g/mol. The van der Waals surface area contributed by atoms with Crippen LogP contribution in [0.1, 0.15) is 58.9 Å². The Bertz CT molecular complexity index is 1140. The first-order valence-corrected chi connectivity index (χ1v) is 13.1. The van der Waals surface area contributed by atoms with Gasteiger partial charge in [-0.2, -0.15) is 0 Å². The standard InChI is InChI=1S/C31H37N3O3/c1-22-7-11-25(12-8-22)29(26-13-9-23(2)10-14-26)30(35)32-17-4-18-34-19-15-24(16-20-34)27-5-3-6-28(21-27)33-31(36)37/h3,5-14,21,24,29,33H,4,15-20H2,1-2H3,(H,32,35)(H,36,37). The van der Waals surface area contributed by atoms with Crippen LogP contribution in [0.2, 0.25) is 0 Å². The van der Waals surface area contributed by atoms with Crippen LogP contribution in [-0.4, -0.2) is 48.2 Å². The number of nitrogens with zero attached hydrogens (tertiary/aromatic N) is 1. The van der Waals surface area contributed by atoms with Gasteiger partial charge in [0.1, 0.15) is 0 Å². The zero-order valence-corrected chi connectivity index (χ0v) is 21.7. The van der Waals surface area contributed by atoms with Crippen LogP contribution in [0, 0.1) is 13.8 Å². The van der Waals surface area contributed by atoms with E-state index in [0.29, 0.717) is 18.2 Å². The van der Waals surface area contributed by atoms with E-state index in [9.17, 15) is 9.59 Å². The molecule has 2 amide bonds. The summed E-state index contributed by atoms with van der Waals surface area (Å²) in [4.78, 5) is 26.7. The number of amides is 2. The molecule has 0 saturated carbocycles. The SMILES string of the molecule is Cc1ccc(C(C(=O)NCCCN2CCC(c3cccc(NC(=O)O)c3)CC2)c2ccc(C)cc2)cc1. The number of carbonyl (C=O) groups excluding carboxylic acids is 1. The topological polar surface area (TPSA) is 81.7 Å². The molecule has 0 radical (unpaired) electrons. The van der Waals surface area contributed by atoms with Gasteiger partial charge >= 0.3 is 6.09 Å². The number of anilines is 1. The van der Waals surface area contributed by atoms with Gasteiger partial charge in [-0.25, -0.2) is 4.79 Å². The van der Waals surface area contributed by atoms with Crippen LogP contribution >= 0.6 is 0 Å². The van der Waals surface area contributed by atoms with E-state index in [2.05, 4.69) is 84.0 Å². The lowest BCUT2D eigenvalue weighted by Crippen LogP contribution is -2.36. The molecule has 1 aliphatic rings. The number of piperidine rings is 1. The molecule has 0 aliphatic carbocycles. The van der Waals surface area contributed by atoms with Crippen LogP contribution in [0.3, 0.4) is 0 Å². The van der Waals surface area contributed by atoms with Crippen LogP contribution in [0.15, 0.2) is 72.8 Å². The van der Waals surface area contributed by atoms with Crippen molar-refractivity contribution in [3.05, 3.63) is 101 Å². The molecule has 4 rings (SSSR count). The summed E-state index contributed by atoms with van der Waals surface area (Å²) in [7, 11) is 0. The van der Waals surface area contributed by atoms with Gasteiger partial charge in [-0.3, -0.25) is 10.1 Å². The first kappa shape index (κ1) is 26.4. The minimum absolute atomic E-state index is 0.0428. The van der Waals surface area contributed by atoms with Crippen molar-refractivity contribution in [2.24, 2.45) is 0 Å². The normalized spacial score (nSPS) is 14.5. The van der Waals surface area contributed by atoms with E-state index in [1.165, 1.54) is 16.7 Å². The molecule has 0 spiro atoms. The molecule has 3 aromatic carbocycles. The fraction of sp³-hybridized carbons (Fsp3) is 0.355. The Kier molecular flexibility index (Phi) is 8.96. The molecule has 37 heavy (non-hydrogen) atoms. The Hall–Kier alpha value is -3.64. The Morgan fingerprint density at radius 3 is 2.08 bits per heavy atom. The number of aryl methyl sites for hydroxylation is 2. The number of benzene rings is 3. The smallest absolute Gasteiger partial charge is 0.409 e. The predicted molar refractivity (Wildman–Crippen MR) is 148 cm³/mol. The van der Waals surface area contributed by atoms with Crippen molar-refractivity contribution in [3.63, 3.8) is 0 Å². The summed E-state index contributed by atoms with van der Waals surface area (Å²) >= 11 is 0. The van der Waals surface area contributed by atoms with Crippen LogP contribution < -0.4 is 10.6 Å². The number of hydrogen-bond acceptors (Lipinski definition) is 3. The molecule has 3 N–H and O–H groups in total. The van der Waals surface area contributed by atoms with Gasteiger partial charge in [0.15, 0.2) is 0 Å². The van der Waals surface area contributed by atoms with E-state index in [1.54, 1.807) is 6.07 Å². The molecule has 1 aliphatic heterocycles. The molecule has 1 fully saturated rings. The van der Waals surface area contributed by atoms with Gasteiger partial charge < -0.3 is 15.3 Å². The maximum Gasteiger partial charge on any atom is 0.409 e. The lowest BCUT2D eigenvalue weighted by molar-refractivity contribution is -0.121. The van der Waals surface area contributed by atoms with E-state index >= 15 is 0 Å². The van der Waals surface area contributed by atoms with Crippen LogP contribution in [0.4, 0.5) is 10.5 Å². The van der Waals surface area contributed by atoms with Crippen LogP contribution in [-0.2, 0) is 4.79 Å². The number of hydrogen-bond donors (Lipinski definition) is 3. The second-order valence-electron chi connectivity index (χ2n) is 10.1. The summed E-state index contributed by atoms with van der Waals surface area (Å²) in [6.45, 7) is 7.72. The van der Waals surface area contributed by atoms with Crippen molar-refractivity contribution in [1.82, 2.24) is 10.2 Å². The van der Waals surface area contributed by atoms with Crippen molar-refractivity contribution >= 4 is 17.7 Å². The molecular formula is C31H37N3O3. The highest BCUT2D eigenvalue weighted by Gasteiger charge is 2.23. The highest BCUT2D eigenvalue weighted by atomic mass is 16.4. The van der Waals surface area contributed by atoms with E-state index in [4.69, 9.17) is 5.11 Å². The largest absolute Gasteiger partial charge is 0.465 e. The summed E-state index contributed by atoms with van der Waals surface area (Å²) in [6, 6.07) is 24.2. The summed E-state index contributed by atoms with van der Waals surface area (Å²) in [5.74, 6) is 0.167. The van der Waals surface area contributed by atoms with Gasteiger partial charge in [0.05, 0.1) is 5.92 Å². The van der Waals surface area contributed by atoms with Gasteiger partial charge in [-0.15, -0.1) is 0 Å². The van der Waals surface area contributed by atoms with Gasteiger partial charge in [-0.1, -0.05) is 71.8 Å². The summed E-state index contributed by atoms with van der Waals surface area (Å²) in [5, 5.41) is 14.6. The lowest BCUT2D eigenvalue weighted by Gasteiger charge is -2.32. The zero-order chi connectivity index (χ0) is 26.2. The predicted octanol–water partition coefficient (Wildman–Crippen LogP) is 5.91. The van der Waals surface area contributed by atoms with Crippen LogP contribution in [0.5, 0.6) is 0 Å². The summed E-state index contributed by atoms with van der Waals surface area (Å²) < 4.78 is 0. The summed E-state index contributed by atoms with van der Waals surface area (Å²) in [5.41, 5.74) is 6.20. The van der Waals surface area contributed by atoms with Gasteiger partial charge in [0, 0.05) is 12.2 Å². The Balaban J connectivity index is 1.26. The molecule has 0 bridgehead atoms. The lowest BCUT2D eigenvalue weighted by atomic mass is 9.89. The van der Waals surface area contributed by atoms with E-state index < -0.39 is 6.09 Å². The van der Waals surface area contributed by atoms with Crippen molar-refractivity contribution in [3.8, 4) is 0 Å². The second kappa shape index (κ2) is 12.5. The Labute approximate surface area is 219 Å². The molecule has 0 aromatic heterocycles. The third-order valence-electron chi connectivity index (χ3n) is 7.23. The van der Waals surface area contributed by atoms with Crippen molar-refractivity contribution < 1.29 is 14.7 Å². The number of carboxylic acid groups (broad SMARTS) is 1. The highest BCUT2D eigenvalue weighted by molar-refractivity contribution is 5.87. The van der Waals surface area contributed by atoms with Crippen LogP contribution in [0.25, 0.3) is 0 Å². The molecule has 1 heterocycles. The molecule has 6 nitrogen and oxygen atoms in total. The van der Waals surface area contributed by atoms with Crippen molar-refractivity contribution in [2.75, 3.05) is 31.5 Å². The average molecular weight is 500 g/mol. The third kappa shape index (κ3) is 7.43. The monoisotopic (exact) mass is 499 g/mol. The van der Waals surface area contributed by atoms with E-state index in [1.807, 2.05) is 12.1 Å². The first-order chi connectivity index (χ1) is 17.9. The molecule has 0 atom stereocenters. The maximum absolute atomic E-state index is 13.3. The quantitative estimate of drug-likeness (QED) is 0.320. The zero-order valence-electron chi connectivity index (χ0n) is 21.7. The van der Waals surface area contributed by atoms with Gasteiger partial charge in [0.2, 0.25) is 5.91 Å². The highest BCUT2D eigenvalue weighted by Crippen LogP contribution is 2.30. The van der Waals surface area contributed by atoms with Crippen molar-refractivity contribution in [1.29, 1.82) is 0 Å². The third-order valence-corrected chi connectivity index (χ3v) is 7.23. The van der Waals surface area contributed by atoms with Gasteiger partial charge in [-0.05, 0) is 87.5 Å². The first-order valence-electron chi connectivity index (χ1n) is 13.1. The number of nitrogens with one attached hydrogen (secondary N) is 2. The maximum atomic E-state index is 13.3. The average Bonchev–Trinajstić information content (AvgIpc) is 2.89. The van der Waals surface area contributed by atoms with E-state index in [-0.39, 0.29) is 11.8 Å². The van der Waals surface area contributed by atoms with E-state index in [0.717, 1.165) is 50.0 Å². The van der Waals surface area contributed by atoms with Crippen molar-refractivity contribution in [2.45, 2.75) is 44.9 Å². The van der Waals surface area contributed by atoms with Gasteiger partial charge in [0.25, 0.3) is 0 Å². The fourth-order valence-electron chi connectivity index (χ4n) is 5.11. The fourth-order valence-corrected chi connectivity index (χ4v) is 5.11. The Morgan fingerprint density at radius 2 is 1.51 bits per heavy atom. The minimum Gasteiger partial charge on any atom is -0.465 e. The number of carbonyl (C=O) groups is 2. The second-order valence-corrected chi connectivity index (χ2v) is 10.1. The molecule has 0 unspecified atom stereocenters. The minimum atomic E-state index is -1.04. The molecule has 6 heteroatoms. The molecule has 3 aromatic rings. The Morgan fingerprint density at radius 1 is 0.919 bits per heavy atom. The molecule has 1 saturated heterocycles. The summed E-state index contributed by atoms with van der Waals surface area (Å²) in [6.07, 6.45) is 1.96. The molecule has 194 valence electrons. The number of rotatable bonds is 9. The number of likely N-dealkylation sites (tertiary alicyclic amines) is 1.